The Morgan fingerprint density at radius 2 is 1.50 bits per heavy atom. The van der Waals surface area contributed by atoms with Crippen molar-refractivity contribution < 1.29 is 8.42 Å². The monoisotopic (exact) mass is 282 g/mol. The van der Waals surface area contributed by atoms with E-state index in [-0.39, 0.29) is 11.8 Å². The molecule has 0 saturated carbocycles. The van der Waals surface area contributed by atoms with Gasteiger partial charge in [0.25, 0.3) is 0 Å². The van der Waals surface area contributed by atoms with Crippen molar-refractivity contribution in [2.75, 3.05) is 0 Å². The lowest BCUT2D eigenvalue weighted by atomic mass is 9.97. The predicted molar refractivity (Wildman–Crippen MR) is 78.3 cm³/mol. The van der Waals surface area contributed by atoms with E-state index in [0.717, 1.165) is 6.42 Å². The van der Waals surface area contributed by atoms with E-state index in [2.05, 4.69) is 12.1 Å². The highest BCUT2D eigenvalue weighted by molar-refractivity contribution is 7.95. The average Bonchev–Trinajstić information content (AvgIpc) is 3.08. The molecule has 0 spiro atoms. The van der Waals surface area contributed by atoms with Crippen molar-refractivity contribution in [1.82, 2.24) is 0 Å². The van der Waals surface area contributed by atoms with Crippen LogP contribution < -0.4 is 0 Å². The van der Waals surface area contributed by atoms with Crippen LogP contribution in [0.4, 0.5) is 0 Å². The SMILES string of the molecule is O=S(=O)(C1=CC2CC1c1ccccc12)c1ccccc1. The second-order valence-corrected chi connectivity index (χ2v) is 7.36. The van der Waals surface area contributed by atoms with Gasteiger partial charge in [-0.1, -0.05) is 48.5 Å². The number of rotatable bonds is 2. The lowest BCUT2D eigenvalue weighted by Gasteiger charge is -2.17. The fraction of sp³-hybridized carbons (Fsp3) is 0.176. The molecule has 0 amide bonds. The third-order valence-electron chi connectivity index (χ3n) is 4.33. The van der Waals surface area contributed by atoms with Crippen molar-refractivity contribution in [3.63, 3.8) is 0 Å². The lowest BCUT2D eigenvalue weighted by molar-refractivity contribution is 0.598. The first-order chi connectivity index (χ1) is 9.68. The Balaban J connectivity index is 1.82. The van der Waals surface area contributed by atoms with Gasteiger partial charge in [0, 0.05) is 11.8 Å². The zero-order chi connectivity index (χ0) is 13.7. The van der Waals surface area contributed by atoms with Gasteiger partial charge in [0.05, 0.1) is 9.80 Å². The number of allylic oxidation sites excluding steroid dienone is 2. The molecule has 2 aliphatic rings. The van der Waals surface area contributed by atoms with Gasteiger partial charge in [-0.2, -0.15) is 0 Å². The molecule has 0 radical (unpaired) electrons. The largest absolute Gasteiger partial charge is 0.219 e. The minimum absolute atomic E-state index is 0.0430. The summed E-state index contributed by atoms with van der Waals surface area (Å²) in [5.74, 6) is 0.311. The molecule has 0 N–H and O–H groups in total. The Morgan fingerprint density at radius 3 is 2.25 bits per heavy atom. The second kappa shape index (κ2) is 4.06. The van der Waals surface area contributed by atoms with Gasteiger partial charge in [-0.05, 0) is 29.7 Å². The summed E-state index contributed by atoms with van der Waals surface area (Å²) in [6.07, 6.45) is 2.86. The van der Waals surface area contributed by atoms with Crippen LogP contribution in [0.3, 0.4) is 0 Å². The van der Waals surface area contributed by atoms with Crippen LogP contribution in [0.25, 0.3) is 0 Å². The van der Waals surface area contributed by atoms with Crippen LogP contribution in [-0.4, -0.2) is 8.42 Å². The molecule has 100 valence electrons. The third-order valence-corrected chi connectivity index (χ3v) is 6.27. The Labute approximate surface area is 118 Å². The summed E-state index contributed by atoms with van der Waals surface area (Å²) in [7, 11) is -3.35. The van der Waals surface area contributed by atoms with Crippen molar-refractivity contribution >= 4 is 9.84 Å². The molecular formula is C17H14O2S. The van der Waals surface area contributed by atoms with E-state index in [0.29, 0.717) is 9.80 Å². The third kappa shape index (κ3) is 1.53. The maximum atomic E-state index is 12.8. The van der Waals surface area contributed by atoms with Crippen LogP contribution in [0.1, 0.15) is 29.4 Å². The Morgan fingerprint density at radius 1 is 0.850 bits per heavy atom. The van der Waals surface area contributed by atoms with Crippen molar-refractivity contribution in [3.05, 3.63) is 76.7 Å². The fourth-order valence-corrected chi connectivity index (χ4v) is 5.16. The van der Waals surface area contributed by atoms with E-state index >= 15 is 0 Å². The van der Waals surface area contributed by atoms with Crippen LogP contribution in [0.2, 0.25) is 0 Å². The molecule has 2 aliphatic carbocycles. The number of fused-ring (bicyclic) bond motifs is 5. The van der Waals surface area contributed by atoms with Crippen molar-refractivity contribution in [1.29, 1.82) is 0 Å². The van der Waals surface area contributed by atoms with Crippen molar-refractivity contribution in [3.8, 4) is 0 Å². The minimum Gasteiger partial charge on any atom is -0.219 e. The molecule has 0 aromatic heterocycles. The summed E-state index contributed by atoms with van der Waals surface area (Å²) in [4.78, 5) is 0.990. The van der Waals surface area contributed by atoms with Crippen molar-refractivity contribution in [2.45, 2.75) is 23.2 Å². The molecule has 2 aromatic rings. The van der Waals surface area contributed by atoms with E-state index in [1.54, 1.807) is 24.3 Å². The minimum atomic E-state index is -3.35. The zero-order valence-electron chi connectivity index (χ0n) is 10.9. The van der Waals surface area contributed by atoms with Crippen LogP contribution in [0.15, 0.2) is 70.5 Å². The van der Waals surface area contributed by atoms with Crippen LogP contribution in [-0.2, 0) is 9.84 Å². The number of hydrogen-bond acceptors (Lipinski definition) is 2. The molecular weight excluding hydrogens is 268 g/mol. The molecule has 2 aromatic carbocycles. The maximum absolute atomic E-state index is 12.8. The van der Waals surface area contributed by atoms with E-state index in [9.17, 15) is 8.42 Å². The summed E-state index contributed by atoms with van der Waals surface area (Å²) in [6, 6.07) is 16.9. The molecule has 0 saturated heterocycles. The van der Waals surface area contributed by atoms with Gasteiger partial charge < -0.3 is 0 Å². The molecule has 20 heavy (non-hydrogen) atoms. The molecule has 4 rings (SSSR count). The fourth-order valence-electron chi connectivity index (χ4n) is 3.43. The normalized spacial score (nSPS) is 23.5. The van der Waals surface area contributed by atoms with Crippen LogP contribution in [0.5, 0.6) is 0 Å². The first-order valence-electron chi connectivity index (χ1n) is 6.78. The first kappa shape index (κ1) is 11.9. The van der Waals surface area contributed by atoms with Crippen LogP contribution in [0, 0.1) is 0 Å². The number of benzene rings is 2. The molecule has 2 atom stereocenters. The smallest absolute Gasteiger partial charge is 0.203 e. The molecule has 2 bridgehead atoms. The Kier molecular flexibility index (Phi) is 2.42. The van der Waals surface area contributed by atoms with E-state index < -0.39 is 9.84 Å². The summed E-state index contributed by atoms with van der Waals surface area (Å²) in [5.41, 5.74) is 2.49. The van der Waals surface area contributed by atoms with Gasteiger partial charge in [0.2, 0.25) is 9.84 Å². The lowest BCUT2D eigenvalue weighted by Crippen LogP contribution is -2.10. The average molecular weight is 282 g/mol. The summed E-state index contributed by atoms with van der Waals surface area (Å²) in [6.45, 7) is 0. The van der Waals surface area contributed by atoms with Gasteiger partial charge >= 0.3 is 0 Å². The van der Waals surface area contributed by atoms with Gasteiger partial charge in [0.15, 0.2) is 0 Å². The maximum Gasteiger partial charge on any atom is 0.203 e. The van der Waals surface area contributed by atoms with Gasteiger partial charge in [-0.25, -0.2) is 8.42 Å². The van der Waals surface area contributed by atoms with Crippen LogP contribution >= 0.6 is 0 Å². The van der Waals surface area contributed by atoms with E-state index in [4.69, 9.17) is 0 Å². The highest BCUT2D eigenvalue weighted by atomic mass is 32.2. The van der Waals surface area contributed by atoms with E-state index in [1.807, 2.05) is 24.3 Å². The quantitative estimate of drug-likeness (QED) is 0.843. The zero-order valence-corrected chi connectivity index (χ0v) is 11.7. The summed E-state index contributed by atoms with van der Waals surface area (Å²) >= 11 is 0. The first-order valence-corrected chi connectivity index (χ1v) is 8.27. The summed E-state index contributed by atoms with van der Waals surface area (Å²) < 4.78 is 25.5. The second-order valence-electron chi connectivity index (χ2n) is 5.41. The topological polar surface area (TPSA) is 34.1 Å². The highest BCUT2D eigenvalue weighted by Gasteiger charge is 2.42. The molecule has 0 fully saturated rings. The molecule has 0 heterocycles. The van der Waals surface area contributed by atoms with Crippen molar-refractivity contribution in [2.24, 2.45) is 0 Å². The Bertz CT molecular complexity index is 804. The number of hydrogen-bond donors (Lipinski definition) is 0. The molecule has 2 nitrogen and oxygen atoms in total. The van der Waals surface area contributed by atoms with E-state index in [1.165, 1.54) is 11.1 Å². The Hall–Kier alpha value is -1.87. The molecule has 3 heteroatoms. The van der Waals surface area contributed by atoms with Gasteiger partial charge in [-0.15, -0.1) is 0 Å². The highest BCUT2D eigenvalue weighted by Crippen LogP contribution is 2.54. The molecule has 2 unspecified atom stereocenters. The van der Waals surface area contributed by atoms with Gasteiger partial charge in [-0.3, -0.25) is 0 Å². The molecule has 0 aliphatic heterocycles. The number of sulfone groups is 1. The standard InChI is InChI=1S/C17H14O2S/c18-20(19,13-6-2-1-3-7-13)17-11-12-10-16(17)15-9-5-4-8-14(12)15/h1-9,11-12,16H,10H2. The van der Waals surface area contributed by atoms with Gasteiger partial charge in [0.1, 0.15) is 0 Å². The predicted octanol–water partition coefficient (Wildman–Crippen LogP) is 3.63. The summed E-state index contributed by atoms with van der Waals surface area (Å²) in [5, 5.41) is 0.